The second-order valence-corrected chi connectivity index (χ2v) is 6.88. The lowest BCUT2D eigenvalue weighted by molar-refractivity contribution is 1.26. The lowest BCUT2D eigenvalue weighted by atomic mass is 10.1. The second kappa shape index (κ2) is 6.52. The molecule has 0 unspecified atom stereocenters. The van der Waals surface area contributed by atoms with E-state index >= 15 is 0 Å². The number of benzene rings is 2. The average Bonchev–Trinajstić information content (AvgIpc) is 2.96. The van der Waals surface area contributed by atoms with Gasteiger partial charge in [0, 0.05) is 26.5 Å². The number of hydrogen-bond donors (Lipinski definition) is 1. The van der Waals surface area contributed by atoms with E-state index in [2.05, 4.69) is 10.4 Å². The molecule has 0 saturated carbocycles. The Morgan fingerprint density at radius 3 is 2.62 bits per heavy atom. The van der Waals surface area contributed by atoms with E-state index in [1.54, 1.807) is 23.1 Å². The number of anilines is 1. The summed E-state index contributed by atoms with van der Waals surface area (Å²) in [4.78, 5) is 5.86. The van der Waals surface area contributed by atoms with Gasteiger partial charge in [-0.25, -0.2) is 4.98 Å². The van der Waals surface area contributed by atoms with E-state index in [1.807, 2.05) is 48.5 Å². The molecule has 0 aliphatic heterocycles. The molecule has 2 N–H and O–H groups in total. The van der Waals surface area contributed by atoms with Gasteiger partial charge in [0.25, 0.3) is 0 Å². The maximum Gasteiger partial charge on any atom is 0.104 e. The molecule has 0 radical (unpaired) electrons. The molecule has 0 saturated heterocycles. The number of thioether (sulfide) groups is 1. The van der Waals surface area contributed by atoms with Crippen LogP contribution in [0.2, 0.25) is 5.02 Å². The maximum absolute atomic E-state index is 5.99. The van der Waals surface area contributed by atoms with Crippen LogP contribution in [0.1, 0.15) is 5.01 Å². The van der Waals surface area contributed by atoms with Crippen molar-refractivity contribution < 1.29 is 0 Å². The van der Waals surface area contributed by atoms with Crippen molar-refractivity contribution in [3.05, 3.63) is 63.9 Å². The van der Waals surface area contributed by atoms with Crippen molar-refractivity contribution in [1.82, 2.24) is 4.98 Å². The number of nitrogens with two attached hydrogens (primary N) is 1. The van der Waals surface area contributed by atoms with Gasteiger partial charge in [-0.3, -0.25) is 0 Å². The highest BCUT2D eigenvalue weighted by molar-refractivity contribution is 7.98. The fourth-order valence-corrected chi connectivity index (χ4v) is 3.74. The van der Waals surface area contributed by atoms with Crippen LogP contribution < -0.4 is 5.73 Å². The van der Waals surface area contributed by atoms with Gasteiger partial charge in [-0.05, 0) is 30.3 Å². The minimum atomic E-state index is 0.760. The third kappa shape index (κ3) is 3.59. The lowest BCUT2D eigenvalue weighted by Gasteiger charge is -2.01. The summed E-state index contributed by atoms with van der Waals surface area (Å²) in [6.45, 7) is 0. The average molecular weight is 333 g/mol. The van der Waals surface area contributed by atoms with Crippen molar-refractivity contribution in [3.8, 4) is 11.3 Å². The highest BCUT2D eigenvalue weighted by atomic mass is 35.5. The Labute approximate surface area is 137 Å². The molecule has 106 valence electrons. The molecular formula is C16H13ClN2S2. The first-order valence-corrected chi connectivity index (χ1v) is 8.64. The number of halogens is 1. The van der Waals surface area contributed by atoms with Gasteiger partial charge >= 0.3 is 0 Å². The number of rotatable bonds is 4. The van der Waals surface area contributed by atoms with Gasteiger partial charge in [-0.1, -0.05) is 29.8 Å². The maximum atomic E-state index is 5.99. The minimum absolute atomic E-state index is 0.760. The molecule has 5 heteroatoms. The number of hydrogen-bond acceptors (Lipinski definition) is 4. The van der Waals surface area contributed by atoms with Crippen LogP contribution in [0.3, 0.4) is 0 Å². The molecule has 21 heavy (non-hydrogen) atoms. The molecule has 0 amide bonds. The summed E-state index contributed by atoms with van der Waals surface area (Å²) in [5.41, 5.74) is 8.70. The zero-order chi connectivity index (χ0) is 14.7. The number of para-hydroxylation sites is 1. The number of aromatic nitrogens is 1. The number of nitrogen functional groups attached to an aromatic ring is 1. The van der Waals surface area contributed by atoms with Crippen LogP contribution >= 0.6 is 34.7 Å². The van der Waals surface area contributed by atoms with Crippen LogP contribution in [0, 0.1) is 0 Å². The van der Waals surface area contributed by atoms with Gasteiger partial charge in [0.15, 0.2) is 0 Å². The molecule has 0 bridgehead atoms. The van der Waals surface area contributed by atoms with Gasteiger partial charge in [0.2, 0.25) is 0 Å². The molecule has 2 nitrogen and oxygen atoms in total. The first-order chi connectivity index (χ1) is 10.2. The van der Waals surface area contributed by atoms with Gasteiger partial charge < -0.3 is 5.73 Å². The smallest absolute Gasteiger partial charge is 0.104 e. The monoisotopic (exact) mass is 332 g/mol. The highest BCUT2D eigenvalue weighted by Crippen LogP contribution is 2.30. The summed E-state index contributed by atoms with van der Waals surface area (Å²) in [5.74, 6) is 0.846. The fraction of sp³-hybridized carbons (Fsp3) is 0.0625. The minimum Gasteiger partial charge on any atom is -0.398 e. The number of thiazole rings is 1. The molecule has 0 aliphatic rings. The van der Waals surface area contributed by atoms with Crippen LogP contribution in [0.15, 0.2) is 58.8 Å². The van der Waals surface area contributed by atoms with Crippen molar-refractivity contribution in [2.75, 3.05) is 5.73 Å². The summed E-state index contributed by atoms with van der Waals surface area (Å²) < 4.78 is 0. The van der Waals surface area contributed by atoms with E-state index < -0.39 is 0 Å². The van der Waals surface area contributed by atoms with E-state index in [4.69, 9.17) is 17.3 Å². The third-order valence-electron chi connectivity index (χ3n) is 2.96. The van der Waals surface area contributed by atoms with Crippen molar-refractivity contribution in [2.45, 2.75) is 10.6 Å². The van der Waals surface area contributed by atoms with E-state index in [9.17, 15) is 0 Å². The van der Waals surface area contributed by atoms with Crippen molar-refractivity contribution in [2.24, 2.45) is 0 Å². The van der Waals surface area contributed by atoms with Gasteiger partial charge in [-0.15, -0.1) is 23.1 Å². The Balaban J connectivity index is 1.71. The molecule has 3 aromatic rings. The van der Waals surface area contributed by atoms with E-state index in [1.165, 1.54) is 4.90 Å². The Morgan fingerprint density at radius 1 is 1.10 bits per heavy atom. The predicted octanol–water partition coefficient (Wildman–Crippen LogP) is 5.34. The fourth-order valence-electron chi connectivity index (χ4n) is 1.91. The molecular weight excluding hydrogens is 320 g/mol. The molecule has 2 aromatic carbocycles. The molecule has 0 fully saturated rings. The summed E-state index contributed by atoms with van der Waals surface area (Å²) in [6, 6.07) is 15.7. The summed E-state index contributed by atoms with van der Waals surface area (Å²) >= 11 is 9.30. The topological polar surface area (TPSA) is 38.9 Å². The molecule has 0 aliphatic carbocycles. The Bertz CT molecular complexity index is 738. The van der Waals surface area contributed by atoms with Gasteiger partial charge in [0.05, 0.1) is 11.4 Å². The second-order valence-electron chi connectivity index (χ2n) is 4.46. The first-order valence-electron chi connectivity index (χ1n) is 6.40. The normalized spacial score (nSPS) is 10.7. The zero-order valence-electron chi connectivity index (χ0n) is 11.1. The van der Waals surface area contributed by atoms with Crippen molar-refractivity contribution >= 4 is 40.4 Å². The summed E-state index contributed by atoms with van der Waals surface area (Å²) in [6.07, 6.45) is 0. The molecule has 1 aromatic heterocycles. The van der Waals surface area contributed by atoms with Crippen LogP contribution in [-0.2, 0) is 5.75 Å². The van der Waals surface area contributed by atoms with Gasteiger partial charge in [-0.2, -0.15) is 0 Å². The van der Waals surface area contributed by atoms with E-state index in [-0.39, 0.29) is 0 Å². The predicted molar refractivity (Wildman–Crippen MR) is 93.0 cm³/mol. The first kappa shape index (κ1) is 14.4. The third-order valence-corrected chi connectivity index (χ3v) is 5.27. The van der Waals surface area contributed by atoms with Crippen molar-refractivity contribution in [1.29, 1.82) is 0 Å². The molecule has 0 spiro atoms. The molecule has 3 rings (SSSR count). The Kier molecular flexibility index (Phi) is 4.48. The van der Waals surface area contributed by atoms with Crippen molar-refractivity contribution in [3.63, 3.8) is 0 Å². The van der Waals surface area contributed by atoms with Crippen LogP contribution in [0.25, 0.3) is 11.3 Å². The van der Waals surface area contributed by atoms with Crippen LogP contribution in [0.5, 0.6) is 0 Å². The Morgan fingerprint density at radius 2 is 1.86 bits per heavy atom. The molecule has 1 heterocycles. The molecule has 0 atom stereocenters. The summed E-state index contributed by atoms with van der Waals surface area (Å²) in [5, 5.41) is 3.91. The zero-order valence-corrected chi connectivity index (χ0v) is 13.5. The highest BCUT2D eigenvalue weighted by Gasteiger charge is 2.07. The van der Waals surface area contributed by atoms with E-state index in [0.717, 1.165) is 32.7 Å². The van der Waals surface area contributed by atoms with Gasteiger partial charge in [0.1, 0.15) is 5.01 Å². The number of nitrogens with zero attached hydrogens (tertiary/aromatic N) is 1. The SMILES string of the molecule is Nc1ccccc1-c1csc(CSc2ccc(Cl)cc2)n1. The summed E-state index contributed by atoms with van der Waals surface area (Å²) in [7, 11) is 0. The standard InChI is InChI=1S/C16H13ClN2S2/c17-11-5-7-12(8-6-11)20-10-16-19-15(9-21-16)13-3-1-2-4-14(13)18/h1-9H,10,18H2. The van der Waals surface area contributed by atoms with Crippen LogP contribution in [0.4, 0.5) is 5.69 Å². The Hall–Kier alpha value is -1.49. The largest absolute Gasteiger partial charge is 0.398 e. The quantitative estimate of drug-likeness (QED) is 0.518. The van der Waals surface area contributed by atoms with E-state index in [0.29, 0.717) is 0 Å². The van der Waals surface area contributed by atoms with Crippen LogP contribution in [-0.4, -0.2) is 4.98 Å². The lowest BCUT2D eigenvalue weighted by Crippen LogP contribution is -1.89.